The molecule has 0 unspecified atom stereocenters. The van der Waals surface area contributed by atoms with Crippen LogP contribution in [0.1, 0.15) is 10.5 Å². The third-order valence-corrected chi connectivity index (χ3v) is 4.87. The number of aromatic carboxylic acids is 1. The molecule has 0 bridgehead atoms. The third kappa shape index (κ3) is 2.42. The van der Waals surface area contributed by atoms with Gasteiger partial charge in [0.05, 0.1) is 5.52 Å². The Kier molecular flexibility index (Phi) is 3.51. The van der Waals surface area contributed by atoms with Crippen LogP contribution in [0.5, 0.6) is 5.75 Å². The summed E-state index contributed by atoms with van der Waals surface area (Å²) >= 11 is 1.25. The summed E-state index contributed by atoms with van der Waals surface area (Å²) in [6.07, 6.45) is 1.71. The molecule has 1 aromatic carbocycles. The Morgan fingerprint density at radius 1 is 1.23 bits per heavy atom. The van der Waals surface area contributed by atoms with Crippen LogP contribution < -0.4 is 11.3 Å². The second-order valence-electron chi connectivity index (χ2n) is 5.55. The molecule has 0 atom stereocenters. The van der Waals surface area contributed by atoms with Gasteiger partial charge in [0.1, 0.15) is 16.2 Å². The standard InChI is InChI=1S/C17H12N4O4S/c18-12-14(22)13-10(19-15(12)23)5-6-21(13)9-3-1-8(2-4-9)16-20-11(7-26-16)17(24)25/h1-7H,18H2,(H,24,25)(H2,19,22,23). The zero-order chi connectivity index (χ0) is 18.4. The van der Waals surface area contributed by atoms with Crippen LogP contribution in [0.25, 0.3) is 27.3 Å². The molecule has 0 amide bonds. The van der Waals surface area contributed by atoms with Crippen LogP contribution in [0.2, 0.25) is 0 Å². The number of aromatic hydroxyl groups is 1. The number of nitrogens with one attached hydrogen (secondary N) is 1. The van der Waals surface area contributed by atoms with Crippen molar-refractivity contribution in [1.82, 2.24) is 14.5 Å². The minimum Gasteiger partial charge on any atom is -0.504 e. The van der Waals surface area contributed by atoms with Crippen LogP contribution in [0.3, 0.4) is 0 Å². The number of nitrogens with zero attached hydrogens (tertiary/aromatic N) is 2. The van der Waals surface area contributed by atoms with Gasteiger partial charge in [0.2, 0.25) is 0 Å². The molecule has 26 heavy (non-hydrogen) atoms. The van der Waals surface area contributed by atoms with Gasteiger partial charge < -0.3 is 25.5 Å². The zero-order valence-electron chi connectivity index (χ0n) is 13.1. The van der Waals surface area contributed by atoms with Gasteiger partial charge in [0.15, 0.2) is 11.4 Å². The van der Waals surface area contributed by atoms with E-state index in [2.05, 4.69) is 9.97 Å². The number of aromatic amines is 1. The fourth-order valence-electron chi connectivity index (χ4n) is 2.68. The van der Waals surface area contributed by atoms with Crippen LogP contribution in [0, 0.1) is 0 Å². The number of thiazole rings is 1. The molecule has 4 rings (SSSR count). The van der Waals surface area contributed by atoms with E-state index < -0.39 is 11.5 Å². The summed E-state index contributed by atoms with van der Waals surface area (Å²) in [5, 5.41) is 21.3. The van der Waals surface area contributed by atoms with E-state index in [0.29, 0.717) is 16.0 Å². The molecule has 3 heterocycles. The van der Waals surface area contributed by atoms with Crippen molar-refractivity contribution in [1.29, 1.82) is 0 Å². The predicted octanol–water partition coefficient (Wildman–Crippen LogP) is 2.43. The second-order valence-corrected chi connectivity index (χ2v) is 6.41. The Bertz CT molecular complexity index is 1200. The van der Waals surface area contributed by atoms with E-state index in [1.807, 2.05) is 0 Å². The van der Waals surface area contributed by atoms with Crippen molar-refractivity contribution in [3.8, 4) is 22.0 Å². The van der Waals surface area contributed by atoms with Crippen LogP contribution in [-0.2, 0) is 0 Å². The molecule has 0 aliphatic carbocycles. The van der Waals surface area contributed by atoms with Gasteiger partial charge in [-0.05, 0) is 30.3 Å². The summed E-state index contributed by atoms with van der Waals surface area (Å²) in [5.41, 5.74) is 7.23. The van der Waals surface area contributed by atoms with E-state index in [1.54, 1.807) is 41.1 Å². The Morgan fingerprint density at radius 3 is 2.62 bits per heavy atom. The lowest BCUT2D eigenvalue weighted by atomic mass is 10.2. The Hall–Kier alpha value is -3.59. The molecule has 4 aromatic rings. The van der Waals surface area contributed by atoms with Crippen LogP contribution >= 0.6 is 11.3 Å². The van der Waals surface area contributed by atoms with Crippen LogP contribution in [0.15, 0.2) is 46.7 Å². The van der Waals surface area contributed by atoms with Gasteiger partial charge in [-0.2, -0.15) is 0 Å². The average molecular weight is 368 g/mol. The second kappa shape index (κ2) is 5.74. The lowest BCUT2D eigenvalue weighted by Crippen LogP contribution is -2.11. The number of nitrogens with two attached hydrogens (primary N) is 1. The van der Waals surface area contributed by atoms with Gasteiger partial charge in [-0.3, -0.25) is 4.79 Å². The Balaban J connectivity index is 1.78. The normalized spacial score (nSPS) is 11.1. The van der Waals surface area contributed by atoms with E-state index in [1.165, 1.54) is 16.7 Å². The van der Waals surface area contributed by atoms with Crippen LogP contribution in [-0.4, -0.2) is 30.7 Å². The number of aromatic nitrogens is 3. The molecule has 0 aliphatic rings. The first-order valence-corrected chi connectivity index (χ1v) is 8.35. The number of fused-ring (bicyclic) bond motifs is 1. The summed E-state index contributed by atoms with van der Waals surface area (Å²) in [4.78, 5) is 29.3. The highest BCUT2D eigenvalue weighted by Crippen LogP contribution is 2.31. The monoisotopic (exact) mass is 368 g/mol. The summed E-state index contributed by atoms with van der Waals surface area (Å²) in [7, 11) is 0. The molecule has 130 valence electrons. The number of carbonyl (C=O) groups is 1. The minimum atomic E-state index is -1.06. The maximum atomic E-state index is 11.7. The molecule has 8 nitrogen and oxygen atoms in total. The smallest absolute Gasteiger partial charge is 0.355 e. The van der Waals surface area contributed by atoms with Crippen molar-refractivity contribution in [3.05, 3.63) is 58.0 Å². The zero-order valence-corrected chi connectivity index (χ0v) is 13.9. The van der Waals surface area contributed by atoms with Crippen molar-refractivity contribution < 1.29 is 15.0 Å². The van der Waals surface area contributed by atoms with Crippen LogP contribution in [0.4, 0.5) is 5.69 Å². The molecule has 9 heteroatoms. The SMILES string of the molecule is Nc1c(O)c2c(ccn2-c2ccc(-c3nc(C(=O)O)cs3)cc2)[nH]c1=O. The molecule has 3 aromatic heterocycles. The number of H-pyrrole nitrogens is 1. The topological polar surface area (TPSA) is 134 Å². The number of hydrogen-bond donors (Lipinski definition) is 4. The maximum absolute atomic E-state index is 11.7. The van der Waals surface area contributed by atoms with Crippen molar-refractivity contribution in [2.75, 3.05) is 5.73 Å². The molecule has 0 radical (unpaired) electrons. The molecule has 5 N–H and O–H groups in total. The molecule has 0 saturated heterocycles. The number of carboxylic acids is 1. The highest BCUT2D eigenvalue weighted by Gasteiger charge is 2.14. The van der Waals surface area contributed by atoms with Crippen molar-refractivity contribution >= 4 is 34.0 Å². The number of carboxylic acid groups (broad SMARTS) is 1. The van der Waals surface area contributed by atoms with Gasteiger partial charge in [-0.15, -0.1) is 11.3 Å². The number of rotatable bonds is 3. The molecule has 0 spiro atoms. The summed E-state index contributed by atoms with van der Waals surface area (Å²) in [6.45, 7) is 0. The van der Waals surface area contributed by atoms with E-state index in [-0.39, 0.29) is 17.1 Å². The molecule has 0 saturated carbocycles. The van der Waals surface area contributed by atoms with E-state index in [9.17, 15) is 14.7 Å². The van der Waals surface area contributed by atoms with Crippen molar-refractivity contribution in [2.24, 2.45) is 0 Å². The van der Waals surface area contributed by atoms with Gasteiger partial charge in [-0.25, -0.2) is 9.78 Å². The first-order chi connectivity index (χ1) is 12.5. The first kappa shape index (κ1) is 15.9. The van der Waals surface area contributed by atoms with E-state index in [4.69, 9.17) is 10.8 Å². The fraction of sp³-hybridized carbons (Fsp3) is 0. The fourth-order valence-corrected chi connectivity index (χ4v) is 3.48. The minimum absolute atomic E-state index is 0.00910. The quantitative estimate of drug-likeness (QED) is 0.439. The van der Waals surface area contributed by atoms with Crippen molar-refractivity contribution in [3.63, 3.8) is 0 Å². The highest BCUT2D eigenvalue weighted by atomic mass is 32.1. The lowest BCUT2D eigenvalue weighted by Gasteiger charge is -2.08. The highest BCUT2D eigenvalue weighted by molar-refractivity contribution is 7.13. The van der Waals surface area contributed by atoms with E-state index >= 15 is 0 Å². The summed E-state index contributed by atoms with van der Waals surface area (Å²) in [5.74, 6) is -1.34. The molecule has 0 fully saturated rings. The number of anilines is 1. The Labute approximate surface area is 149 Å². The maximum Gasteiger partial charge on any atom is 0.355 e. The van der Waals surface area contributed by atoms with Gasteiger partial charge in [-0.1, -0.05) is 0 Å². The molecule has 0 aliphatic heterocycles. The number of benzene rings is 1. The van der Waals surface area contributed by atoms with Gasteiger partial charge in [0.25, 0.3) is 5.56 Å². The lowest BCUT2D eigenvalue weighted by molar-refractivity contribution is 0.0691. The van der Waals surface area contributed by atoms with Crippen molar-refractivity contribution in [2.45, 2.75) is 0 Å². The predicted molar refractivity (Wildman–Crippen MR) is 98.0 cm³/mol. The summed E-state index contributed by atoms with van der Waals surface area (Å²) in [6, 6.07) is 8.88. The number of hydrogen-bond acceptors (Lipinski definition) is 6. The van der Waals surface area contributed by atoms with Gasteiger partial charge >= 0.3 is 5.97 Å². The number of nitrogen functional groups attached to an aromatic ring is 1. The number of pyridine rings is 1. The van der Waals surface area contributed by atoms with Gasteiger partial charge in [0, 0.05) is 22.8 Å². The molecular weight excluding hydrogens is 356 g/mol. The largest absolute Gasteiger partial charge is 0.504 e. The Morgan fingerprint density at radius 2 is 1.96 bits per heavy atom. The third-order valence-electron chi connectivity index (χ3n) is 3.97. The van der Waals surface area contributed by atoms with E-state index in [0.717, 1.165) is 11.3 Å². The first-order valence-electron chi connectivity index (χ1n) is 7.47. The molecular formula is C17H12N4O4S. The average Bonchev–Trinajstić information content (AvgIpc) is 3.27. The summed E-state index contributed by atoms with van der Waals surface area (Å²) < 4.78 is 1.70.